The summed E-state index contributed by atoms with van der Waals surface area (Å²) < 4.78 is 48.9. The molecule has 0 fully saturated rings. The number of aliphatic carboxylic acids is 1. The maximum absolute atomic E-state index is 11.5. The summed E-state index contributed by atoms with van der Waals surface area (Å²) in [4.78, 5) is 10.0. The molecule has 96 valence electrons. The fourth-order valence-electron chi connectivity index (χ4n) is 1.02. The SMILES string of the molecule is CC(C)S(=O)(=O)CC1=CC(C(=O)O)=NS1(=O)=O. The van der Waals surface area contributed by atoms with Gasteiger partial charge in [-0.25, -0.2) is 13.2 Å². The lowest BCUT2D eigenvalue weighted by atomic mass is 10.3. The number of rotatable bonds is 4. The first-order valence-electron chi connectivity index (χ1n) is 4.56. The number of hydrogen-bond donors (Lipinski definition) is 1. The molecule has 7 nitrogen and oxygen atoms in total. The maximum atomic E-state index is 11.5. The van der Waals surface area contributed by atoms with Crippen LogP contribution in [-0.4, -0.2) is 44.6 Å². The van der Waals surface area contributed by atoms with Crippen molar-refractivity contribution in [2.75, 3.05) is 5.75 Å². The predicted octanol–water partition coefficient (Wildman–Crippen LogP) is -0.437. The van der Waals surface area contributed by atoms with Crippen LogP contribution < -0.4 is 0 Å². The van der Waals surface area contributed by atoms with Crippen LogP contribution in [0.2, 0.25) is 0 Å². The molecule has 1 N–H and O–H groups in total. The number of carboxylic acids is 1. The Balaban J connectivity index is 3.13. The van der Waals surface area contributed by atoms with Gasteiger partial charge in [0.25, 0.3) is 10.0 Å². The van der Waals surface area contributed by atoms with E-state index < -0.39 is 47.4 Å². The quantitative estimate of drug-likeness (QED) is 0.746. The van der Waals surface area contributed by atoms with Gasteiger partial charge in [0.2, 0.25) is 0 Å². The summed E-state index contributed by atoms with van der Waals surface area (Å²) >= 11 is 0. The first-order chi connectivity index (χ1) is 7.56. The van der Waals surface area contributed by atoms with Gasteiger partial charge in [0, 0.05) is 0 Å². The summed E-state index contributed by atoms with van der Waals surface area (Å²) in [5.74, 6) is -2.24. The van der Waals surface area contributed by atoms with Crippen molar-refractivity contribution < 1.29 is 26.7 Å². The summed E-state index contributed by atoms with van der Waals surface area (Å²) in [7, 11) is -7.77. The lowest BCUT2D eigenvalue weighted by Gasteiger charge is -2.06. The molecule has 0 atom stereocenters. The van der Waals surface area contributed by atoms with Gasteiger partial charge < -0.3 is 5.11 Å². The zero-order chi connectivity index (χ0) is 13.4. The number of sulfonamides is 1. The molecule has 0 saturated heterocycles. The average molecular weight is 281 g/mol. The zero-order valence-corrected chi connectivity index (χ0v) is 10.7. The highest BCUT2D eigenvalue weighted by atomic mass is 32.2. The second kappa shape index (κ2) is 4.22. The lowest BCUT2D eigenvalue weighted by Crippen LogP contribution is -2.20. The van der Waals surface area contributed by atoms with Crippen molar-refractivity contribution in [1.29, 1.82) is 0 Å². The van der Waals surface area contributed by atoms with E-state index in [9.17, 15) is 21.6 Å². The van der Waals surface area contributed by atoms with E-state index in [2.05, 4.69) is 4.40 Å². The number of sulfone groups is 1. The molecule has 1 aliphatic rings. The van der Waals surface area contributed by atoms with Gasteiger partial charge in [-0.3, -0.25) is 0 Å². The molecule has 9 heteroatoms. The molecule has 17 heavy (non-hydrogen) atoms. The standard InChI is InChI=1S/C8H11NO6S2/c1-5(2)16(12,13)4-6-3-7(8(10)11)9-17(6,14)15/h3,5H,4H2,1-2H3,(H,10,11). The van der Waals surface area contributed by atoms with E-state index in [0.29, 0.717) is 0 Å². The van der Waals surface area contributed by atoms with Gasteiger partial charge in [0.1, 0.15) is 0 Å². The van der Waals surface area contributed by atoms with E-state index in [-0.39, 0.29) is 0 Å². The van der Waals surface area contributed by atoms with Crippen LogP contribution in [0.1, 0.15) is 13.8 Å². The van der Waals surface area contributed by atoms with E-state index >= 15 is 0 Å². The van der Waals surface area contributed by atoms with Crippen molar-refractivity contribution in [3.63, 3.8) is 0 Å². The third-order valence-corrected chi connectivity index (χ3v) is 5.82. The van der Waals surface area contributed by atoms with Crippen LogP contribution >= 0.6 is 0 Å². The summed E-state index contributed by atoms with van der Waals surface area (Å²) in [6, 6.07) is 0. The molecular formula is C8H11NO6S2. The average Bonchev–Trinajstić information content (AvgIpc) is 2.41. The summed E-state index contributed by atoms with van der Waals surface area (Å²) in [5, 5.41) is 7.84. The third kappa shape index (κ3) is 2.91. The monoisotopic (exact) mass is 281 g/mol. The van der Waals surface area contributed by atoms with Gasteiger partial charge in [-0.15, -0.1) is 0 Å². The number of nitrogens with zero attached hydrogens (tertiary/aromatic N) is 1. The molecule has 0 radical (unpaired) electrons. The Morgan fingerprint density at radius 2 is 2.00 bits per heavy atom. The minimum atomic E-state index is -4.16. The molecule has 1 heterocycles. The van der Waals surface area contributed by atoms with Crippen LogP contribution in [0.15, 0.2) is 15.4 Å². The van der Waals surface area contributed by atoms with E-state index in [1.807, 2.05) is 0 Å². The highest BCUT2D eigenvalue weighted by Gasteiger charge is 2.32. The largest absolute Gasteiger partial charge is 0.476 e. The minimum absolute atomic E-state index is 0.497. The second-order valence-corrected chi connectivity index (χ2v) is 7.94. The lowest BCUT2D eigenvalue weighted by molar-refractivity contribution is -0.129. The fraction of sp³-hybridized carbons (Fsp3) is 0.500. The Labute approximate surface area is 98.8 Å². The predicted molar refractivity (Wildman–Crippen MR) is 61.0 cm³/mol. The van der Waals surface area contributed by atoms with E-state index in [4.69, 9.17) is 5.11 Å². The van der Waals surface area contributed by atoms with E-state index in [1.54, 1.807) is 0 Å². The first-order valence-corrected chi connectivity index (χ1v) is 7.72. The van der Waals surface area contributed by atoms with Crippen molar-refractivity contribution in [2.45, 2.75) is 19.1 Å². The highest BCUT2D eigenvalue weighted by Crippen LogP contribution is 2.20. The Bertz CT molecular complexity index is 608. The van der Waals surface area contributed by atoms with Gasteiger partial charge in [0.05, 0.1) is 15.9 Å². The smallest absolute Gasteiger partial charge is 0.355 e. The van der Waals surface area contributed by atoms with Crippen LogP contribution in [-0.2, 0) is 24.7 Å². The minimum Gasteiger partial charge on any atom is -0.476 e. The molecule has 1 rings (SSSR count). The molecule has 0 bridgehead atoms. The number of hydrogen-bond acceptors (Lipinski definition) is 5. The molecule has 0 amide bonds. The van der Waals surface area contributed by atoms with Crippen molar-refractivity contribution >= 4 is 31.5 Å². The van der Waals surface area contributed by atoms with Gasteiger partial charge in [-0.1, -0.05) is 0 Å². The van der Waals surface area contributed by atoms with Crippen LogP contribution in [0.4, 0.5) is 0 Å². The van der Waals surface area contributed by atoms with Crippen molar-refractivity contribution in [3.8, 4) is 0 Å². The summed E-state index contributed by atoms with van der Waals surface area (Å²) in [6.45, 7) is 2.83. The summed E-state index contributed by atoms with van der Waals surface area (Å²) in [5.41, 5.74) is -0.668. The molecule has 0 saturated carbocycles. The third-order valence-electron chi connectivity index (χ3n) is 2.13. The molecule has 1 aliphatic heterocycles. The zero-order valence-electron chi connectivity index (χ0n) is 9.11. The van der Waals surface area contributed by atoms with E-state index in [0.717, 1.165) is 6.08 Å². The van der Waals surface area contributed by atoms with Crippen LogP contribution in [0.5, 0.6) is 0 Å². The fourth-order valence-corrected chi connectivity index (χ4v) is 3.69. The van der Waals surface area contributed by atoms with Crippen molar-refractivity contribution in [1.82, 2.24) is 0 Å². The Hall–Kier alpha value is -1.22. The van der Waals surface area contributed by atoms with Crippen molar-refractivity contribution in [3.05, 3.63) is 11.0 Å². The van der Waals surface area contributed by atoms with Crippen LogP contribution in [0, 0.1) is 0 Å². The maximum Gasteiger partial charge on any atom is 0.355 e. The van der Waals surface area contributed by atoms with Gasteiger partial charge in [-0.05, 0) is 19.9 Å². The molecule has 0 spiro atoms. The van der Waals surface area contributed by atoms with Crippen LogP contribution in [0.3, 0.4) is 0 Å². The molecule has 0 aromatic heterocycles. The van der Waals surface area contributed by atoms with Gasteiger partial charge in [0.15, 0.2) is 15.5 Å². The molecule has 0 aromatic carbocycles. The molecular weight excluding hydrogens is 270 g/mol. The Morgan fingerprint density at radius 1 is 1.47 bits per heavy atom. The van der Waals surface area contributed by atoms with E-state index in [1.165, 1.54) is 13.8 Å². The Morgan fingerprint density at radius 3 is 2.35 bits per heavy atom. The summed E-state index contributed by atoms with van der Waals surface area (Å²) in [6.07, 6.45) is 0.775. The highest BCUT2D eigenvalue weighted by molar-refractivity contribution is 7.98. The van der Waals surface area contributed by atoms with Crippen LogP contribution in [0.25, 0.3) is 0 Å². The first kappa shape index (κ1) is 13.8. The molecule has 0 aliphatic carbocycles. The second-order valence-electron chi connectivity index (χ2n) is 3.72. The number of carbonyl (C=O) groups is 1. The topological polar surface area (TPSA) is 118 Å². The normalized spacial score (nSPS) is 19.0. The van der Waals surface area contributed by atoms with Gasteiger partial charge >= 0.3 is 5.97 Å². The Kier molecular flexibility index (Phi) is 3.44. The van der Waals surface area contributed by atoms with Crippen molar-refractivity contribution in [2.24, 2.45) is 4.40 Å². The number of carboxylic acid groups (broad SMARTS) is 1. The van der Waals surface area contributed by atoms with Gasteiger partial charge in [-0.2, -0.15) is 12.8 Å². The molecule has 0 aromatic rings. The molecule has 0 unspecified atom stereocenters.